The highest BCUT2D eigenvalue weighted by Crippen LogP contribution is 2.10. The largest absolute Gasteiger partial charge is 0.512 e. The Labute approximate surface area is 105 Å². The van der Waals surface area contributed by atoms with E-state index >= 15 is 0 Å². The van der Waals surface area contributed by atoms with E-state index in [-0.39, 0.29) is 5.97 Å². The van der Waals surface area contributed by atoms with E-state index in [0.717, 1.165) is 11.8 Å². The fourth-order valence-corrected chi connectivity index (χ4v) is 1.28. The number of aliphatic hydroxyl groups excluding tert-OH is 1. The lowest BCUT2D eigenvalue weighted by Crippen LogP contribution is -2.17. The molecule has 2 N–H and O–H groups in total. The molecule has 1 heterocycles. The Bertz CT molecular complexity index is 422. The summed E-state index contributed by atoms with van der Waals surface area (Å²) < 4.78 is 9.61. The van der Waals surface area contributed by atoms with Gasteiger partial charge in [-0.25, -0.2) is 0 Å². The number of hydrogen-bond donors (Lipinski definition) is 2. The number of methoxy groups -OCH3 is 2. The van der Waals surface area contributed by atoms with Crippen LogP contribution in [0.15, 0.2) is 41.0 Å². The van der Waals surface area contributed by atoms with Gasteiger partial charge in [0, 0.05) is 12.6 Å². The summed E-state index contributed by atoms with van der Waals surface area (Å²) in [6.45, 7) is 0. The second-order valence-electron chi connectivity index (χ2n) is 3.40. The van der Waals surface area contributed by atoms with Gasteiger partial charge in [0.15, 0.2) is 5.82 Å². The van der Waals surface area contributed by atoms with E-state index < -0.39 is 0 Å². The molecule has 98 valence electrons. The summed E-state index contributed by atoms with van der Waals surface area (Å²) in [7, 11) is 2.85. The molecule has 0 amide bonds. The molecule has 0 aromatic heterocycles. The van der Waals surface area contributed by atoms with Gasteiger partial charge in [0.1, 0.15) is 6.26 Å². The van der Waals surface area contributed by atoms with Gasteiger partial charge >= 0.3 is 5.97 Å². The Morgan fingerprint density at radius 3 is 2.94 bits per heavy atom. The molecule has 0 aromatic rings. The molecule has 0 fully saturated rings. The quantitative estimate of drug-likeness (QED) is 0.583. The summed E-state index contributed by atoms with van der Waals surface area (Å²) in [4.78, 5) is 14.9. The monoisotopic (exact) mass is 252 g/mol. The van der Waals surface area contributed by atoms with Crippen LogP contribution in [0.1, 0.15) is 12.8 Å². The van der Waals surface area contributed by atoms with Gasteiger partial charge in [0.05, 0.1) is 19.8 Å². The number of nitrogens with zero attached hydrogens (tertiary/aromatic N) is 1. The zero-order chi connectivity index (χ0) is 13.4. The first-order chi connectivity index (χ1) is 8.71. The number of carbonyl (C=O) groups excluding carboxylic acids is 1. The van der Waals surface area contributed by atoms with Gasteiger partial charge in [0.2, 0.25) is 5.90 Å². The molecule has 18 heavy (non-hydrogen) atoms. The summed E-state index contributed by atoms with van der Waals surface area (Å²) >= 11 is 0. The van der Waals surface area contributed by atoms with Crippen LogP contribution in [-0.2, 0) is 14.3 Å². The number of hydrogen-bond acceptors (Lipinski definition) is 6. The number of rotatable bonds is 4. The topological polar surface area (TPSA) is 80.2 Å². The Morgan fingerprint density at radius 1 is 1.56 bits per heavy atom. The van der Waals surface area contributed by atoms with Crippen LogP contribution in [0.3, 0.4) is 0 Å². The predicted octanol–water partition coefficient (Wildman–Crippen LogP) is 1.38. The number of ether oxygens (including phenoxy) is 2. The van der Waals surface area contributed by atoms with Crippen LogP contribution >= 0.6 is 0 Å². The lowest BCUT2D eigenvalue weighted by molar-refractivity contribution is -0.140. The van der Waals surface area contributed by atoms with Crippen molar-refractivity contribution in [2.45, 2.75) is 12.8 Å². The van der Waals surface area contributed by atoms with E-state index in [0.29, 0.717) is 24.6 Å². The summed E-state index contributed by atoms with van der Waals surface area (Å²) in [6.07, 6.45) is 7.02. The standard InChI is InChI=1S/C12H16N2O4/c1-17-11(16)6-4-3-5-9-7-13-10(8-15)14-12(9)18-2/h3,5,7-8,13,15H,4,6H2,1-2H3/b5-3+,10-8+. The van der Waals surface area contributed by atoms with Crippen LogP contribution in [0.5, 0.6) is 0 Å². The molecular weight excluding hydrogens is 236 g/mol. The van der Waals surface area contributed by atoms with Crippen LogP contribution < -0.4 is 5.32 Å². The van der Waals surface area contributed by atoms with Gasteiger partial charge < -0.3 is 19.9 Å². The van der Waals surface area contributed by atoms with E-state index in [1.54, 1.807) is 12.3 Å². The molecule has 1 rings (SSSR count). The molecule has 0 bridgehead atoms. The maximum Gasteiger partial charge on any atom is 0.305 e. The Balaban J connectivity index is 2.57. The van der Waals surface area contributed by atoms with Gasteiger partial charge in [-0.3, -0.25) is 4.79 Å². The van der Waals surface area contributed by atoms with Gasteiger partial charge in [-0.05, 0) is 6.42 Å². The molecule has 6 nitrogen and oxygen atoms in total. The third-order valence-electron chi connectivity index (χ3n) is 2.20. The first-order valence-corrected chi connectivity index (χ1v) is 5.38. The zero-order valence-corrected chi connectivity index (χ0v) is 10.3. The number of allylic oxidation sites excluding steroid dienone is 1. The minimum Gasteiger partial charge on any atom is -0.512 e. The van der Waals surface area contributed by atoms with Crippen molar-refractivity contribution in [2.24, 2.45) is 4.99 Å². The van der Waals surface area contributed by atoms with Crippen molar-refractivity contribution < 1.29 is 19.4 Å². The van der Waals surface area contributed by atoms with Crippen molar-refractivity contribution in [3.05, 3.63) is 36.0 Å². The van der Waals surface area contributed by atoms with E-state index in [2.05, 4.69) is 15.0 Å². The maximum atomic E-state index is 10.9. The maximum absolute atomic E-state index is 10.9. The molecule has 6 heteroatoms. The third kappa shape index (κ3) is 3.97. The van der Waals surface area contributed by atoms with Crippen molar-refractivity contribution in [2.75, 3.05) is 14.2 Å². The van der Waals surface area contributed by atoms with Crippen molar-refractivity contribution in [3.63, 3.8) is 0 Å². The number of nitrogens with one attached hydrogen (secondary N) is 1. The normalized spacial score (nSPS) is 17.1. The highest BCUT2D eigenvalue weighted by atomic mass is 16.5. The fourth-order valence-electron chi connectivity index (χ4n) is 1.28. The Kier molecular flexibility index (Phi) is 5.50. The molecule has 0 radical (unpaired) electrons. The number of esters is 1. The van der Waals surface area contributed by atoms with Crippen LogP contribution in [0.4, 0.5) is 0 Å². The first-order valence-electron chi connectivity index (χ1n) is 5.38. The predicted molar refractivity (Wildman–Crippen MR) is 66.8 cm³/mol. The first kappa shape index (κ1) is 13.8. The van der Waals surface area contributed by atoms with Crippen LogP contribution in [-0.4, -0.2) is 31.2 Å². The average Bonchev–Trinajstić information content (AvgIpc) is 2.43. The Morgan fingerprint density at radius 2 is 2.33 bits per heavy atom. The highest BCUT2D eigenvalue weighted by molar-refractivity contribution is 5.97. The van der Waals surface area contributed by atoms with Gasteiger partial charge in [-0.1, -0.05) is 12.2 Å². The summed E-state index contributed by atoms with van der Waals surface area (Å²) in [5.41, 5.74) is 0.730. The SMILES string of the molecule is COC(=O)CC/C=C/C1=CN/C(=C\O)N=C1OC. The second kappa shape index (κ2) is 7.16. The second-order valence-corrected chi connectivity index (χ2v) is 3.40. The third-order valence-corrected chi connectivity index (χ3v) is 2.20. The van der Waals surface area contributed by atoms with E-state index in [1.807, 2.05) is 6.08 Å². The zero-order valence-electron chi connectivity index (χ0n) is 10.3. The number of aliphatic imine (C=N–C) groups is 1. The molecule has 0 spiro atoms. The lowest BCUT2D eigenvalue weighted by atomic mass is 10.2. The summed E-state index contributed by atoms with van der Waals surface area (Å²) in [6, 6.07) is 0. The minimum absolute atomic E-state index is 0.249. The average molecular weight is 252 g/mol. The smallest absolute Gasteiger partial charge is 0.305 e. The van der Waals surface area contributed by atoms with Crippen molar-refractivity contribution in [3.8, 4) is 0 Å². The summed E-state index contributed by atoms with van der Waals surface area (Å²) in [5.74, 6) is 0.448. The van der Waals surface area contributed by atoms with Crippen LogP contribution in [0, 0.1) is 0 Å². The van der Waals surface area contributed by atoms with E-state index in [4.69, 9.17) is 9.84 Å². The fraction of sp³-hybridized carbons (Fsp3) is 0.333. The molecule has 0 saturated heterocycles. The number of aliphatic hydroxyl groups is 1. The molecule has 1 aliphatic rings. The van der Waals surface area contributed by atoms with Gasteiger partial charge in [0.25, 0.3) is 0 Å². The lowest BCUT2D eigenvalue weighted by Gasteiger charge is -2.13. The highest BCUT2D eigenvalue weighted by Gasteiger charge is 2.10. The van der Waals surface area contributed by atoms with Gasteiger partial charge in [-0.2, -0.15) is 4.99 Å². The molecule has 1 aliphatic heterocycles. The molecular formula is C12H16N2O4. The summed E-state index contributed by atoms with van der Waals surface area (Å²) in [5, 5.41) is 11.6. The van der Waals surface area contributed by atoms with Crippen LogP contribution in [0.2, 0.25) is 0 Å². The molecule has 0 aromatic carbocycles. The molecule has 0 saturated carbocycles. The molecule has 0 unspecified atom stereocenters. The van der Waals surface area contributed by atoms with Crippen molar-refractivity contribution in [1.82, 2.24) is 5.32 Å². The Hall–Kier alpha value is -2.24. The van der Waals surface area contributed by atoms with Gasteiger partial charge in [-0.15, -0.1) is 0 Å². The minimum atomic E-state index is -0.249. The molecule has 0 aliphatic carbocycles. The van der Waals surface area contributed by atoms with Crippen molar-refractivity contribution >= 4 is 11.9 Å². The van der Waals surface area contributed by atoms with Crippen LogP contribution in [0.25, 0.3) is 0 Å². The molecule has 0 atom stereocenters. The van der Waals surface area contributed by atoms with E-state index in [1.165, 1.54) is 14.2 Å². The van der Waals surface area contributed by atoms with E-state index in [9.17, 15) is 4.79 Å². The van der Waals surface area contributed by atoms with Crippen molar-refractivity contribution in [1.29, 1.82) is 0 Å². The number of carbonyl (C=O) groups is 1.